The number of hydrogen-bond donors (Lipinski definition) is 0. The number of ketones is 1. The van der Waals surface area contributed by atoms with Crippen molar-refractivity contribution in [1.29, 1.82) is 0 Å². The van der Waals surface area contributed by atoms with Gasteiger partial charge in [0.1, 0.15) is 11.6 Å². The maximum atomic E-state index is 12.9. The number of rotatable bonds is 7. The molecule has 0 unspecified atom stereocenters. The van der Waals surface area contributed by atoms with E-state index in [2.05, 4.69) is 4.90 Å². The van der Waals surface area contributed by atoms with Gasteiger partial charge in [-0.3, -0.25) is 14.5 Å². The van der Waals surface area contributed by atoms with Crippen LogP contribution in [0, 0.1) is 5.82 Å². The summed E-state index contributed by atoms with van der Waals surface area (Å²) in [5.74, 6) is 0.353. The summed E-state index contributed by atoms with van der Waals surface area (Å²) < 4.78 is 18.3. The molecule has 0 bridgehead atoms. The van der Waals surface area contributed by atoms with Gasteiger partial charge in [0.2, 0.25) is 5.91 Å². The van der Waals surface area contributed by atoms with Crippen molar-refractivity contribution in [2.75, 3.05) is 38.2 Å². The molecule has 0 N–H and O–H groups in total. The Hall–Kier alpha value is -2.73. The molecule has 142 valence electrons. The molecule has 2 aromatic carbocycles. The molecule has 1 aliphatic rings. The van der Waals surface area contributed by atoms with Crippen LogP contribution in [0.25, 0.3) is 0 Å². The van der Waals surface area contributed by atoms with Crippen molar-refractivity contribution < 1.29 is 18.7 Å². The highest BCUT2D eigenvalue weighted by Gasteiger charge is 2.26. The first kappa shape index (κ1) is 19.0. The summed E-state index contributed by atoms with van der Waals surface area (Å²) >= 11 is 0. The topological polar surface area (TPSA) is 49.9 Å². The number of benzene rings is 2. The lowest BCUT2D eigenvalue weighted by Gasteiger charge is -2.34. The molecule has 1 amide bonds. The van der Waals surface area contributed by atoms with Crippen LogP contribution in [-0.4, -0.2) is 49.9 Å². The van der Waals surface area contributed by atoms with E-state index in [4.69, 9.17) is 4.74 Å². The van der Waals surface area contributed by atoms with Crippen molar-refractivity contribution >= 4 is 17.4 Å². The zero-order chi connectivity index (χ0) is 19.2. The van der Waals surface area contributed by atoms with E-state index in [9.17, 15) is 14.0 Å². The Morgan fingerprint density at radius 2 is 1.85 bits per heavy atom. The van der Waals surface area contributed by atoms with Crippen molar-refractivity contribution in [1.82, 2.24) is 4.90 Å². The van der Waals surface area contributed by atoms with Crippen molar-refractivity contribution in [3.8, 4) is 5.75 Å². The minimum Gasteiger partial charge on any atom is -0.495 e. The Kier molecular flexibility index (Phi) is 6.19. The van der Waals surface area contributed by atoms with Crippen LogP contribution in [0.2, 0.25) is 0 Å². The Labute approximate surface area is 158 Å². The fourth-order valence-electron chi connectivity index (χ4n) is 3.26. The molecule has 6 heteroatoms. The summed E-state index contributed by atoms with van der Waals surface area (Å²) in [6, 6.07) is 13.1. The summed E-state index contributed by atoms with van der Waals surface area (Å²) in [5.41, 5.74) is 1.31. The first-order valence-electron chi connectivity index (χ1n) is 9.03. The summed E-state index contributed by atoms with van der Waals surface area (Å²) in [5, 5.41) is 0. The normalized spacial score (nSPS) is 15.0. The van der Waals surface area contributed by atoms with Crippen LogP contribution in [0.1, 0.15) is 23.2 Å². The third-order valence-electron chi connectivity index (χ3n) is 4.72. The van der Waals surface area contributed by atoms with Gasteiger partial charge >= 0.3 is 0 Å². The monoisotopic (exact) mass is 370 g/mol. The number of piperazine rings is 1. The van der Waals surface area contributed by atoms with Crippen LogP contribution in [0.3, 0.4) is 0 Å². The number of carbonyl (C=O) groups excluding carboxylic acids is 2. The average Bonchev–Trinajstić information content (AvgIpc) is 2.68. The van der Waals surface area contributed by atoms with E-state index in [0.29, 0.717) is 43.8 Å². The van der Waals surface area contributed by atoms with Crippen molar-refractivity contribution in [2.45, 2.75) is 12.8 Å². The smallest absolute Gasteiger partial charge is 0.241 e. The number of carbonyl (C=O) groups is 2. The van der Waals surface area contributed by atoms with Crippen molar-refractivity contribution in [3.05, 3.63) is 59.9 Å². The lowest BCUT2D eigenvalue weighted by Crippen LogP contribution is -2.50. The number of nitrogens with zero attached hydrogens (tertiary/aromatic N) is 2. The molecule has 1 fully saturated rings. The lowest BCUT2D eigenvalue weighted by molar-refractivity contribution is -0.121. The maximum absolute atomic E-state index is 12.9. The van der Waals surface area contributed by atoms with E-state index < -0.39 is 0 Å². The van der Waals surface area contributed by atoms with Gasteiger partial charge in [-0.15, -0.1) is 0 Å². The van der Waals surface area contributed by atoms with E-state index >= 15 is 0 Å². The highest BCUT2D eigenvalue weighted by Crippen LogP contribution is 2.28. The SMILES string of the molecule is COc1ccccc1N1CCN(CCCC(=O)c2ccc(F)cc2)CC1=O. The van der Waals surface area contributed by atoms with Crippen molar-refractivity contribution in [2.24, 2.45) is 0 Å². The summed E-state index contributed by atoms with van der Waals surface area (Å²) in [7, 11) is 1.59. The molecule has 0 aromatic heterocycles. The highest BCUT2D eigenvalue weighted by atomic mass is 19.1. The number of para-hydroxylation sites is 2. The molecule has 0 atom stereocenters. The van der Waals surface area contributed by atoms with Crippen LogP contribution >= 0.6 is 0 Å². The number of methoxy groups -OCH3 is 1. The molecule has 1 heterocycles. The van der Waals surface area contributed by atoms with Crippen LogP contribution < -0.4 is 9.64 Å². The van der Waals surface area contributed by atoms with Gasteiger partial charge in [0.15, 0.2) is 5.78 Å². The summed E-state index contributed by atoms with van der Waals surface area (Å²) in [4.78, 5) is 28.5. The van der Waals surface area contributed by atoms with E-state index in [1.54, 1.807) is 12.0 Å². The number of anilines is 1. The van der Waals surface area contributed by atoms with Gasteiger partial charge in [0.25, 0.3) is 0 Å². The summed E-state index contributed by atoms with van der Waals surface area (Å²) in [6.45, 7) is 2.33. The second-order valence-electron chi connectivity index (χ2n) is 6.53. The molecular weight excluding hydrogens is 347 g/mol. The Balaban J connectivity index is 1.49. The Morgan fingerprint density at radius 1 is 1.11 bits per heavy atom. The third kappa shape index (κ3) is 4.71. The Bertz CT molecular complexity index is 807. The van der Waals surface area contributed by atoms with Crippen molar-refractivity contribution in [3.63, 3.8) is 0 Å². The predicted octanol–water partition coefficient (Wildman–Crippen LogP) is 3.15. The Morgan fingerprint density at radius 3 is 2.56 bits per heavy atom. The van der Waals surface area contributed by atoms with Gasteiger partial charge in [-0.25, -0.2) is 4.39 Å². The minimum absolute atomic E-state index is 0.00557. The molecular formula is C21H23FN2O3. The number of halogens is 1. The first-order valence-corrected chi connectivity index (χ1v) is 9.03. The second-order valence-corrected chi connectivity index (χ2v) is 6.53. The van der Waals surface area contributed by atoms with Gasteiger partial charge < -0.3 is 9.64 Å². The third-order valence-corrected chi connectivity index (χ3v) is 4.72. The number of hydrogen-bond acceptors (Lipinski definition) is 4. The zero-order valence-electron chi connectivity index (χ0n) is 15.4. The van der Waals surface area contributed by atoms with Gasteiger partial charge in [0, 0.05) is 25.1 Å². The van der Waals surface area contributed by atoms with E-state index in [-0.39, 0.29) is 17.5 Å². The molecule has 0 spiro atoms. The standard InChI is InChI=1S/C21H23FN2O3/c1-27-20-7-3-2-5-18(20)24-14-13-23(15-21(24)26)12-4-6-19(25)16-8-10-17(22)11-9-16/h2-3,5,7-11H,4,6,12-15H2,1H3. The maximum Gasteiger partial charge on any atom is 0.241 e. The second kappa shape index (κ2) is 8.77. The molecule has 1 aliphatic heterocycles. The number of amides is 1. The van der Waals surface area contributed by atoms with Gasteiger partial charge in [0.05, 0.1) is 19.3 Å². The molecule has 0 saturated carbocycles. The molecule has 5 nitrogen and oxygen atoms in total. The fourth-order valence-corrected chi connectivity index (χ4v) is 3.26. The van der Waals surface area contributed by atoms with Crippen LogP contribution in [0.4, 0.5) is 10.1 Å². The van der Waals surface area contributed by atoms with Gasteiger partial charge in [-0.1, -0.05) is 12.1 Å². The molecule has 27 heavy (non-hydrogen) atoms. The summed E-state index contributed by atoms with van der Waals surface area (Å²) in [6.07, 6.45) is 1.05. The molecule has 1 saturated heterocycles. The quantitative estimate of drug-likeness (QED) is 0.703. The zero-order valence-corrected chi connectivity index (χ0v) is 15.4. The fraction of sp³-hybridized carbons (Fsp3) is 0.333. The van der Waals surface area contributed by atoms with Crippen LogP contribution in [-0.2, 0) is 4.79 Å². The number of ether oxygens (including phenoxy) is 1. The van der Waals surface area contributed by atoms with E-state index in [0.717, 1.165) is 12.2 Å². The predicted molar refractivity (Wildman–Crippen MR) is 102 cm³/mol. The highest BCUT2D eigenvalue weighted by molar-refractivity contribution is 5.97. The van der Waals surface area contributed by atoms with Gasteiger partial charge in [-0.2, -0.15) is 0 Å². The molecule has 0 aliphatic carbocycles. The number of Topliss-reactive ketones (excluding diaryl/α,β-unsaturated/α-hetero) is 1. The molecule has 2 aromatic rings. The lowest BCUT2D eigenvalue weighted by atomic mass is 10.1. The van der Waals surface area contributed by atoms with Crippen LogP contribution in [0.15, 0.2) is 48.5 Å². The van der Waals surface area contributed by atoms with Gasteiger partial charge in [-0.05, 0) is 49.4 Å². The molecule has 0 radical (unpaired) electrons. The van der Waals surface area contributed by atoms with E-state index in [1.807, 2.05) is 24.3 Å². The van der Waals surface area contributed by atoms with Crippen LogP contribution in [0.5, 0.6) is 5.75 Å². The average molecular weight is 370 g/mol. The first-order chi connectivity index (χ1) is 13.1. The largest absolute Gasteiger partial charge is 0.495 e. The molecule has 3 rings (SSSR count). The van der Waals surface area contributed by atoms with E-state index in [1.165, 1.54) is 24.3 Å². The minimum atomic E-state index is -0.349.